The zero-order valence-corrected chi connectivity index (χ0v) is 14.7. The molecule has 140 valence electrons. The summed E-state index contributed by atoms with van der Waals surface area (Å²) in [6.07, 6.45) is 5.14. The van der Waals surface area contributed by atoms with Crippen LogP contribution in [0, 0.1) is 0 Å². The third kappa shape index (κ3) is 6.15. The molecule has 2 unspecified atom stereocenters. The monoisotopic (exact) mass is 352 g/mol. The van der Waals surface area contributed by atoms with Crippen molar-refractivity contribution >= 4 is 0 Å². The number of phenolic OH excluding ortho intramolecular Hbond substituents is 1. The number of aliphatic hydroxyl groups is 2. The van der Waals surface area contributed by atoms with Gasteiger partial charge in [-0.1, -0.05) is 12.1 Å². The third-order valence-electron chi connectivity index (χ3n) is 3.77. The molecule has 0 bridgehead atoms. The first-order valence-electron chi connectivity index (χ1n) is 8.01. The van der Waals surface area contributed by atoms with E-state index in [-0.39, 0.29) is 5.75 Å². The van der Waals surface area contributed by atoms with Gasteiger partial charge in [-0.05, 0) is 61.4 Å². The quantitative estimate of drug-likeness (QED) is 0.469. The van der Waals surface area contributed by atoms with Crippen molar-refractivity contribution in [2.45, 2.75) is 24.7 Å². The van der Waals surface area contributed by atoms with Gasteiger partial charge >= 0.3 is 0 Å². The van der Waals surface area contributed by atoms with E-state index < -0.39 is 11.9 Å². The molecule has 25 heavy (non-hydrogen) atoms. The number of methoxy groups -OCH3 is 2. The van der Waals surface area contributed by atoms with E-state index in [9.17, 15) is 15.3 Å². The largest absolute Gasteiger partial charge is 0.504 e. The van der Waals surface area contributed by atoms with Crippen LogP contribution < -0.4 is 16.2 Å². The van der Waals surface area contributed by atoms with E-state index in [1.807, 2.05) is 6.07 Å². The topological polar surface area (TPSA) is 131 Å². The SMILES string of the molecule is COC1(O)C=CC(CCN)=CC1O.COc1ccc(CCN)cc1O. The van der Waals surface area contributed by atoms with Crippen LogP contribution in [0.3, 0.4) is 0 Å². The fraction of sp³-hybridized carbons (Fsp3) is 0.444. The lowest BCUT2D eigenvalue weighted by Gasteiger charge is -2.29. The second kappa shape index (κ2) is 10.2. The number of hydrogen-bond acceptors (Lipinski definition) is 7. The first-order valence-corrected chi connectivity index (χ1v) is 8.01. The molecule has 0 fully saturated rings. The Labute approximate surface area is 148 Å². The van der Waals surface area contributed by atoms with Gasteiger partial charge in [-0.3, -0.25) is 0 Å². The number of benzene rings is 1. The Morgan fingerprint density at radius 3 is 2.32 bits per heavy atom. The van der Waals surface area contributed by atoms with Crippen molar-refractivity contribution in [3.63, 3.8) is 0 Å². The molecule has 0 amide bonds. The number of aromatic hydroxyl groups is 1. The summed E-state index contributed by atoms with van der Waals surface area (Å²) in [5.41, 5.74) is 12.7. The zero-order chi connectivity index (χ0) is 18.9. The molecule has 2 atom stereocenters. The number of hydrogen-bond donors (Lipinski definition) is 5. The summed E-state index contributed by atoms with van der Waals surface area (Å²) in [5, 5.41) is 28.4. The predicted octanol–water partition coefficient (Wildman–Crippen LogP) is 0.429. The second-order valence-electron chi connectivity index (χ2n) is 5.56. The van der Waals surface area contributed by atoms with Crippen LogP contribution in [0.4, 0.5) is 0 Å². The van der Waals surface area contributed by atoms with Crippen molar-refractivity contribution in [2.75, 3.05) is 27.3 Å². The number of allylic oxidation sites excluding steroid dienone is 1. The molecule has 0 aliphatic heterocycles. The summed E-state index contributed by atoms with van der Waals surface area (Å²) in [6.45, 7) is 1.11. The molecule has 7 nitrogen and oxygen atoms in total. The third-order valence-corrected chi connectivity index (χ3v) is 3.77. The number of nitrogens with two attached hydrogens (primary N) is 2. The molecule has 7 N–H and O–H groups in total. The lowest BCUT2D eigenvalue weighted by Crippen LogP contribution is -2.42. The molecule has 1 aliphatic rings. The van der Waals surface area contributed by atoms with Gasteiger partial charge in [0.05, 0.1) is 7.11 Å². The molecule has 1 aromatic rings. The molecule has 0 heterocycles. The van der Waals surface area contributed by atoms with Crippen molar-refractivity contribution in [1.82, 2.24) is 0 Å². The maximum Gasteiger partial charge on any atom is 0.215 e. The summed E-state index contributed by atoms with van der Waals surface area (Å²) in [4.78, 5) is 0. The molecule has 0 radical (unpaired) electrons. The highest BCUT2D eigenvalue weighted by atomic mass is 16.6. The first-order chi connectivity index (χ1) is 11.9. The van der Waals surface area contributed by atoms with Crippen molar-refractivity contribution in [3.8, 4) is 11.5 Å². The summed E-state index contributed by atoms with van der Waals surface area (Å²) < 4.78 is 9.66. The summed E-state index contributed by atoms with van der Waals surface area (Å²) in [6, 6.07) is 5.30. The van der Waals surface area contributed by atoms with Crippen LogP contribution in [0.1, 0.15) is 12.0 Å². The lowest BCUT2D eigenvalue weighted by atomic mass is 9.97. The van der Waals surface area contributed by atoms with Crippen LogP contribution in [0.25, 0.3) is 0 Å². The Morgan fingerprint density at radius 1 is 1.16 bits per heavy atom. The Balaban J connectivity index is 0.000000251. The number of aliphatic hydroxyl groups excluding tert-OH is 1. The fourth-order valence-corrected chi connectivity index (χ4v) is 2.28. The fourth-order valence-electron chi connectivity index (χ4n) is 2.28. The smallest absolute Gasteiger partial charge is 0.215 e. The van der Waals surface area contributed by atoms with Gasteiger partial charge in [0.1, 0.15) is 6.10 Å². The molecule has 2 rings (SSSR count). The van der Waals surface area contributed by atoms with Gasteiger partial charge < -0.3 is 36.3 Å². The predicted molar refractivity (Wildman–Crippen MR) is 96.3 cm³/mol. The minimum atomic E-state index is -1.59. The molecule has 7 heteroatoms. The molecule has 1 aliphatic carbocycles. The standard InChI is InChI=1S/C9H15NO3.C9H13NO2/c1-13-9(12)4-2-7(3-5-10)6-8(9)11;1-12-9-3-2-7(4-5-10)6-8(9)11/h2,4,6,8,11-12H,3,5,10H2,1H3;2-3,6,11H,4-5,10H2,1H3. The van der Waals surface area contributed by atoms with Crippen LogP contribution in [0.5, 0.6) is 11.5 Å². The van der Waals surface area contributed by atoms with Gasteiger partial charge in [-0.25, -0.2) is 0 Å². The van der Waals surface area contributed by atoms with E-state index in [0.29, 0.717) is 25.3 Å². The van der Waals surface area contributed by atoms with Crippen LogP contribution in [-0.2, 0) is 11.2 Å². The maximum absolute atomic E-state index is 9.60. The van der Waals surface area contributed by atoms with Crippen molar-refractivity contribution in [2.24, 2.45) is 11.5 Å². The average molecular weight is 352 g/mol. The minimum absolute atomic E-state index is 0.170. The van der Waals surface area contributed by atoms with Crippen molar-refractivity contribution in [1.29, 1.82) is 0 Å². The Kier molecular flexibility index (Phi) is 8.60. The van der Waals surface area contributed by atoms with Crippen LogP contribution in [-0.4, -0.2) is 54.5 Å². The number of ether oxygens (including phenoxy) is 2. The Bertz CT molecular complexity index is 603. The summed E-state index contributed by atoms with van der Waals surface area (Å²) >= 11 is 0. The lowest BCUT2D eigenvalue weighted by molar-refractivity contribution is -0.195. The van der Waals surface area contributed by atoms with Gasteiger partial charge in [-0.15, -0.1) is 0 Å². The van der Waals surface area contributed by atoms with Crippen molar-refractivity contribution in [3.05, 3.63) is 47.6 Å². The Hall–Kier alpha value is -1.90. The first kappa shape index (κ1) is 21.1. The second-order valence-corrected chi connectivity index (χ2v) is 5.56. The van der Waals surface area contributed by atoms with E-state index in [1.165, 1.54) is 20.3 Å². The van der Waals surface area contributed by atoms with Gasteiger partial charge in [0.25, 0.3) is 0 Å². The van der Waals surface area contributed by atoms with E-state index in [2.05, 4.69) is 0 Å². The summed E-state index contributed by atoms with van der Waals surface area (Å²) in [7, 11) is 2.87. The highest BCUT2D eigenvalue weighted by Gasteiger charge is 2.33. The van der Waals surface area contributed by atoms with E-state index in [0.717, 1.165) is 17.6 Å². The normalized spacial score (nSPS) is 22.0. The van der Waals surface area contributed by atoms with Crippen LogP contribution >= 0.6 is 0 Å². The molecule has 0 aromatic heterocycles. The van der Waals surface area contributed by atoms with Crippen LogP contribution in [0.15, 0.2) is 42.0 Å². The molecular weight excluding hydrogens is 324 g/mol. The number of phenols is 1. The highest BCUT2D eigenvalue weighted by Crippen LogP contribution is 2.26. The number of rotatable bonds is 6. The van der Waals surface area contributed by atoms with Crippen molar-refractivity contribution < 1.29 is 24.8 Å². The summed E-state index contributed by atoms with van der Waals surface area (Å²) in [5.74, 6) is -0.919. The van der Waals surface area contributed by atoms with Crippen LogP contribution in [0.2, 0.25) is 0 Å². The molecule has 1 aromatic carbocycles. The molecular formula is C18H28N2O5. The average Bonchev–Trinajstić information content (AvgIpc) is 2.60. The van der Waals surface area contributed by atoms with Gasteiger partial charge in [-0.2, -0.15) is 0 Å². The van der Waals surface area contributed by atoms with Gasteiger partial charge in [0.2, 0.25) is 5.79 Å². The van der Waals surface area contributed by atoms with E-state index in [1.54, 1.807) is 24.3 Å². The molecule has 0 saturated carbocycles. The minimum Gasteiger partial charge on any atom is -0.504 e. The van der Waals surface area contributed by atoms with E-state index in [4.69, 9.17) is 20.9 Å². The zero-order valence-electron chi connectivity index (χ0n) is 14.7. The Morgan fingerprint density at radius 2 is 1.84 bits per heavy atom. The van der Waals surface area contributed by atoms with Gasteiger partial charge in [0.15, 0.2) is 11.5 Å². The molecule has 0 spiro atoms. The highest BCUT2D eigenvalue weighted by molar-refractivity contribution is 5.41. The maximum atomic E-state index is 9.60. The van der Waals surface area contributed by atoms with E-state index >= 15 is 0 Å². The van der Waals surface area contributed by atoms with Gasteiger partial charge in [0, 0.05) is 7.11 Å². The molecule has 0 saturated heterocycles.